The molecule has 0 radical (unpaired) electrons. The molecule has 3 aliphatic carbocycles. The number of likely N-dealkylation sites (tertiary alicyclic amines) is 1. The summed E-state index contributed by atoms with van der Waals surface area (Å²) in [4.78, 5) is 16.3. The van der Waals surface area contributed by atoms with Gasteiger partial charge in [-0.1, -0.05) is 26.8 Å². The van der Waals surface area contributed by atoms with E-state index in [4.69, 9.17) is 4.74 Å². The highest BCUT2D eigenvalue weighted by Crippen LogP contribution is 2.66. The van der Waals surface area contributed by atoms with Crippen LogP contribution in [0.1, 0.15) is 51.2 Å². The number of hydrogen-bond acceptors (Lipinski definition) is 4. The van der Waals surface area contributed by atoms with Gasteiger partial charge in [-0.05, 0) is 61.6 Å². The highest BCUT2D eigenvalue weighted by molar-refractivity contribution is 5.93. The molecule has 3 fully saturated rings. The van der Waals surface area contributed by atoms with Gasteiger partial charge in [-0.15, -0.1) is 0 Å². The summed E-state index contributed by atoms with van der Waals surface area (Å²) in [5, 5.41) is 10.5. The van der Waals surface area contributed by atoms with Gasteiger partial charge >= 0.3 is 0 Å². The molecule has 4 heteroatoms. The Morgan fingerprint density at radius 1 is 1.30 bits per heavy atom. The van der Waals surface area contributed by atoms with Crippen molar-refractivity contribution in [3.63, 3.8) is 0 Å². The minimum absolute atomic E-state index is 0.202. The van der Waals surface area contributed by atoms with Gasteiger partial charge in [0.15, 0.2) is 23.4 Å². The number of piperidine rings is 1. The van der Waals surface area contributed by atoms with Crippen LogP contribution in [0.25, 0.3) is 0 Å². The Labute approximate surface area is 160 Å². The van der Waals surface area contributed by atoms with Crippen LogP contribution in [0.3, 0.4) is 0 Å². The lowest BCUT2D eigenvalue weighted by atomic mass is 9.44. The van der Waals surface area contributed by atoms with Gasteiger partial charge in [0, 0.05) is 29.0 Å². The Hall–Kier alpha value is -1.55. The molecule has 1 aromatic rings. The Kier molecular flexibility index (Phi) is 2.97. The summed E-state index contributed by atoms with van der Waals surface area (Å²) >= 11 is 0. The van der Waals surface area contributed by atoms with Gasteiger partial charge in [-0.2, -0.15) is 0 Å². The van der Waals surface area contributed by atoms with Gasteiger partial charge in [0.1, 0.15) is 0 Å². The van der Waals surface area contributed by atoms with Crippen LogP contribution in [0, 0.1) is 23.2 Å². The van der Waals surface area contributed by atoms with Crippen LogP contribution >= 0.6 is 0 Å². The second kappa shape index (κ2) is 4.89. The summed E-state index contributed by atoms with van der Waals surface area (Å²) in [7, 11) is 0. The van der Waals surface area contributed by atoms with Crippen molar-refractivity contribution in [1.29, 1.82) is 0 Å². The zero-order valence-corrected chi connectivity index (χ0v) is 16.5. The second-order valence-corrected chi connectivity index (χ2v) is 10.3. The normalized spacial score (nSPS) is 41.2. The van der Waals surface area contributed by atoms with Crippen LogP contribution in [0.15, 0.2) is 12.1 Å². The molecule has 1 spiro atoms. The lowest BCUT2D eigenvalue weighted by molar-refractivity contribution is -0.163. The van der Waals surface area contributed by atoms with Crippen molar-refractivity contribution < 1.29 is 14.6 Å². The van der Waals surface area contributed by atoms with Crippen LogP contribution in [0.4, 0.5) is 0 Å². The number of carbonyl (C=O) groups excluding carboxylic acids is 1. The minimum Gasteiger partial charge on any atom is -0.504 e. The number of carbonyl (C=O) groups is 1. The van der Waals surface area contributed by atoms with Gasteiger partial charge in [0.2, 0.25) is 0 Å². The predicted octanol–water partition coefficient (Wildman–Crippen LogP) is 3.29. The molecular formula is C23H29NO3. The van der Waals surface area contributed by atoms with Gasteiger partial charge in [-0.3, -0.25) is 9.69 Å². The van der Waals surface area contributed by atoms with Gasteiger partial charge in [-0.25, -0.2) is 0 Å². The molecule has 2 aliphatic heterocycles. The number of nitrogens with zero attached hydrogens (tertiary/aromatic N) is 1. The maximum atomic E-state index is 13.5. The van der Waals surface area contributed by atoms with Crippen molar-refractivity contribution in [2.75, 3.05) is 13.1 Å². The average molecular weight is 367 g/mol. The molecule has 1 saturated heterocycles. The van der Waals surface area contributed by atoms with Crippen molar-refractivity contribution in [1.82, 2.24) is 4.90 Å². The molecule has 0 amide bonds. The zero-order chi connectivity index (χ0) is 18.7. The molecule has 5 atom stereocenters. The first-order chi connectivity index (χ1) is 12.9. The minimum atomic E-state index is -0.429. The van der Waals surface area contributed by atoms with Crippen LogP contribution in [-0.2, 0) is 16.6 Å². The standard InChI is InChI=1S/C23H29NO3/c1-12-17-15-10-14-6-7-16(25)19-18(14)23(17,8-9-24(15)11-13-4-5-13)21(27-19)20(26)22(12,2)3/h6-7,12-13,15,17,21,25H,4-5,8-11H2,1-3H3/t12-,15-,17+,21+,23+/m1/s1. The third kappa shape index (κ3) is 1.81. The summed E-state index contributed by atoms with van der Waals surface area (Å²) in [6.45, 7) is 8.77. The second-order valence-electron chi connectivity index (χ2n) is 10.3. The highest BCUT2D eigenvalue weighted by Gasteiger charge is 2.71. The number of rotatable bonds is 2. The van der Waals surface area contributed by atoms with Crippen molar-refractivity contribution in [3.8, 4) is 11.5 Å². The zero-order valence-electron chi connectivity index (χ0n) is 16.5. The summed E-state index contributed by atoms with van der Waals surface area (Å²) < 4.78 is 6.32. The van der Waals surface area contributed by atoms with E-state index < -0.39 is 11.5 Å². The molecule has 1 aromatic carbocycles. The van der Waals surface area contributed by atoms with Crippen molar-refractivity contribution in [3.05, 3.63) is 23.3 Å². The first-order valence-electron chi connectivity index (χ1n) is 10.7. The SMILES string of the molecule is C[C@@H]1[C@H]2[C@H]3Cc4ccc(O)c5c4[C@@]2(CCN3CC2CC2)[C@@H](O5)C(=O)C1(C)C. The molecule has 0 unspecified atom stereocenters. The van der Waals surface area contributed by atoms with E-state index in [0.717, 1.165) is 25.3 Å². The molecule has 6 rings (SSSR count). The maximum absolute atomic E-state index is 13.5. The number of benzene rings is 1. The van der Waals surface area contributed by atoms with E-state index in [9.17, 15) is 9.90 Å². The number of phenols is 1. The monoisotopic (exact) mass is 367 g/mol. The molecule has 2 heterocycles. The molecule has 0 aromatic heterocycles. The quantitative estimate of drug-likeness (QED) is 0.871. The topological polar surface area (TPSA) is 49.8 Å². The molecule has 27 heavy (non-hydrogen) atoms. The molecule has 1 N–H and O–H groups in total. The Morgan fingerprint density at radius 3 is 2.81 bits per heavy atom. The van der Waals surface area contributed by atoms with Gasteiger partial charge < -0.3 is 9.84 Å². The fraction of sp³-hybridized carbons (Fsp3) is 0.696. The van der Waals surface area contributed by atoms with Gasteiger partial charge in [0.05, 0.1) is 0 Å². The molecule has 2 saturated carbocycles. The van der Waals surface area contributed by atoms with Crippen molar-refractivity contribution in [2.45, 2.75) is 64.0 Å². The van der Waals surface area contributed by atoms with Crippen molar-refractivity contribution >= 4 is 5.78 Å². The third-order valence-corrected chi connectivity index (χ3v) is 8.85. The molecule has 144 valence electrons. The maximum Gasteiger partial charge on any atom is 0.180 e. The summed E-state index contributed by atoms with van der Waals surface area (Å²) in [6.07, 6.45) is 4.31. The Balaban J connectivity index is 1.58. The first kappa shape index (κ1) is 16.4. The van der Waals surface area contributed by atoms with Crippen LogP contribution < -0.4 is 4.74 Å². The van der Waals surface area contributed by atoms with E-state index in [-0.39, 0.29) is 16.9 Å². The highest BCUT2D eigenvalue weighted by atomic mass is 16.5. The summed E-state index contributed by atoms with van der Waals surface area (Å²) in [5.41, 5.74) is 1.84. The number of aromatic hydroxyl groups is 1. The predicted molar refractivity (Wildman–Crippen MR) is 102 cm³/mol. The van der Waals surface area contributed by atoms with Gasteiger partial charge in [0.25, 0.3) is 0 Å². The molecule has 5 aliphatic rings. The summed E-state index contributed by atoms with van der Waals surface area (Å²) in [6, 6.07) is 4.33. The van der Waals surface area contributed by atoms with E-state index in [0.29, 0.717) is 23.6 Å². The van der Waals surface area contributed by atoms with Crippen LogP contribution in [0.5, 0.6) is 11.5 Å². The van der Waals surface area contributed by atoms with Crippen molar-refractivity contribution in [2.24, 2.45) is 23.2 Å². The first-order valence-corrected chi connectivity index (χ1v) is 10.7. The lowest BCUT2D eigenvalue weighted by Crippen LogP contribution is -2.71. The third-order valence-electron chi connectivity index (χ3n) is 8.85. The van der Waals surface area contributed by atoms with E-state index in [2.05, 4.69) is 31.7 Å². The number of phenolic OH excluding ortho intramolecular Hbond substituents is 1. The largest absolute Gasteiger partial charge is 0.504 e. The number of Topliss-reactive ketones (excluding diaryl/α,β-unsaturated/α-hetero) is 1. The van der Waals surface area contributed by atoms with Crippen LogP contribution in [-0.4, -0.2) is 41.0 Å². The van der Waals surface area contributed by atoms with E-state index >= 15 is 0 Å². The van der Waals surface area contributed by atoms with E-state index in [1.807, 2.05) is 0 Å². The van der Waals surface area contributed by atoms with E-state index in [1.54, 1.807) is 6.07 Å². The van der Waals surface area contributed by atoms with E-state index in [1.165, 1.54) is 30.5 Å². The summed E-state index contributed by atoms with van der Waals surface area (Å²) in [5.74, 6) is 2.63. The number of ether oxygens (including phenoxy) is 1. The Morgan fingerprint density at radius 2 is 2.07 bits per heavy atom. The molecular weight excluding hydrogens is 338 g/mol. The molecule has 4 nitrogen and oxygen atoms in total. The smallest absolute Gasteiger partial charge is 0.180 e. The molecule has 2 bridgehead atoms. The fourth-order valence-electron chi connectivity index (χ4n) is 7.01. The van der Waals surface area contributed by atoms with Crippen LogP contribution in [0.2, 0.25) is 0 Å². The average Bonchev–Trinajstić information content (AvgIpc) is 3.38. The Bertz CT molecular complexity index is 857. The number of hydrogen-bond donors (Lipinski definition) is 1. The number of ketones is 1. The lowest BCUT2D eigenvalue weighted by Gasteiger charge is -2.62. The fourth-order valence-corrected chi connectivity index (χ4v) is 7.01.